The molecule has 0 spiro atoms. The molecule has 8 nitrogen and oxygen atoms in total. The fourth-order valence-electron chi connectivity index (χ4n) is 3.30. The molecule has 3 heterocycles. The molecule has 0 saturated heterocycles. The minimum Gasteiger partial charge on any atom is -0.496 e. The molecule has 1 aliphatic rings. The van der Waals surface area contributed by atoms with Gasteiger partial charge in [-0.15, -0.1) is 0 Å². The van der Waals surface area contributed by atoms with E-state index < -0.39 is 0 Å². The van der Waals surface area contributed by atoms with Gasteiger partial charge in [-0.1, -0.05) is 6.92 Å². The number of aryl methyl sites for hydroxylation is 1. The first-order valence-corrected chi connectivity index (χ1v) is 8.95. The molecule has 0 aliphatic carbocycles. The van der Waals surface area contributed by atoms with Gasteiger partial charge >= 0.3 is 0 Å². The summed E-state index contributed by atoms with van der Waals surface area (Å²) in [5, 5.41) is 6.18. The largest absolute Gasteiger partial charge is 0.496 e. The maximum atomic E-state index is 12.9. The van der Waals surface area contributed by atoms with Crippen molar-refractivity contribution in [3.8, 4) is 5.75 Å². The number of imidazole rings is 1. The van der Waals surface area contributed by atoms with Crippen molar-refractivity contribution in [2.75, 3.05) is 20.2 Å². The van der Waals surface area contributed by atoms with Crippen LogP contribution in [0.1, 0.15) is 35.2 Å². The molecule has 26 heavy (non-hydrogen) atoms. The van der Waals surface area contributed by atoms with Crippen molar-refractivity contribution in [3.63, 3.8) is 0 Å². The zero-order valence-electron chi connectivity index (χ0n) is 15.2. The van der Waals surface area contributed by atoms with Crippen LogP contribution in [0.15, 0.2) is 23.3 Å². The Kier molecular flexibility index (Phi) is 5.72. The number of rotatable bonds is 6. The van der Waals surface area contributed by atoms with Gasteiger partial charge in [0.05, 0.1) is 13.7 Å². The normalized spacial score (nSPS) is 13.8. The van der Waals surface area contributed by atoms with Crippen LogP contribution in [0.5, 0.6) is 5.75 Å². The van der Waals surface area contributed by atoms with Crippen molar-refractivity contribution in [3.05, 3.63) is 45.9 Å². The van der Waals surface area contributed by atoms with Crippen LogP contribution in [0, 0.1) is 0 Å². The standard InChI is InChI=1S/C18H25N5O3/c1-3-8-22-9-7-20-15(22)12-21-18(25)17-13-4-5-19-6-10-23(13)16(24)11-14(17)26-2/h7,9,11,19H,3-6,8,10,12H2,1-2H3,(H,21,25). The Labute approximate surface area is 152 Å². The van der Waals surface area contributed by atoms with E-state index in [4.69, 9.17) is 4.74 Å². The number of methoxy groups -OCH3 is 1. The summed E-state index contributed by atoms with van der Waals surface area (Å²) in [7, 11) is 1.48. The fourth-order valence-corrected chi connectivity index (χ4v) is 3.30. The Morgan fingerprint density at radius 2 is 2.27 bits per heavy atom. The number of hydrogen-bond donors (Lipinski definition) is 2. The van der Waals surface area contributed by atoms with Crippen molar-refractivity contribution in [1.82, 2.24) is 24.8 Å². The molecule has 1 amide bonds. The first kappa shape index (κ1) is 18.2. The molecule has 2 aromatic heterocycles. The zero-order valence-corrected chi connectivity index (χ0v) is 15.2. The van der Waals surface area contributed by atoms with Gasteiger partial charge in [0.2, 0.25) is 0 Å². The van der Waals surface area contributed by atoms with Gasteiger partial charge in [0.1, 0.15) is 17.1 Å². The first-order chi connectivity index (χ1) is 12.7. The number of aromatic nitrogens is 3. The molecule has 0 aromatic carbocycles. The second kappa shape index (κ2) is 8.18. The second-order valence-electron chi connectivity index (χ2n) is 6.24. The predicted molar refractivity (Wildman–Crippen MR) is 97.5 cm³/mol. The van der Waals surface area contributed by atoms with E-state index in [0.717, 1.165) is 18.8 Å². The number of pyridine rings is 1. The summed E-state index contributed by atoms with van der Waals surface area (Å²) < 4.78 is 9.03. The van der Waals surface area contributed by atoms with Gasteiger partial charge in [-0.3, -0.25) is 9.59 Å². The fraction of sp³-hybridized carbons (Fsp3) is 0.500. The van der Waals surface area contributed by atoms with Crippen LogP contribution >= 0.6 is 0 Å². The molecule has 0 radical (unpaired) electrons. The number of nitrogens with one attached hydrogen (secondary N) is 2. The Balaban J connectivity index is 1.88. The lowest BCUT2D eigenvalue weighted by atomic mass is 10.1. The Hall–Kier alpha value is -2.61. The van der Waals surface area contributed by atoms with E-state index in [9.17, 15) is 9.59 Å². The Morgan fingerprint density at radius 3 is 3.04 bits per heavy atom. The molecule has 3 rings (SSSR count). The summed E-state index contributed by atoms with van der Waals surface area (Å²) in [6, 6.07) is 1.39. The third kappa shape index (κ3) is 3.65. The monoisotopic (exact) mass is 359 g/mol. The molecular formula is C18H25N5O3. The van der Waals surface area contributed by atoms with Gasteiger partial charge in [0.25, 0.3) is 11.5 Å². The lowest BCUT2D eigenvalue weighted by molar-refractivity contribution is 0.0944. The highest BCUT2D eigenvalue weighted by Gasteiger charge is 2.23. The van der Waals surface area contributed by atoms with E-state index in [1.165, 1.54) is 13.2 Å². The number of fused-ring (bicyclic) bond motifs is 1. The summed E-state index contributed by atoms with van der Waals surface area (Å²) >= 11 is 0. The zero-order chi connectivity index (χ0) is 18.5. The highest BCUT2D eigenvalue weighted by atomic mass is 16.5. The van der Waals surface area contributed by atoms with E-state index in [0.29, 0.717) is 49.6 Å². The molecule has 1 aliphatic heterocycles. The number of amides is 1. The van der Waals surface area contributed by atoms with Crippen LogP contribution in [-0.2, 0) is 26.1 Å². The average molecular weight is 359 g/mol. The van der Waals surface area contributed by atoms with Crippen molar-refractivity contribution >= 4 is 5.91 Å². The van der Waals surface area contributed by atoms with Crippen LogP contribution in [-0.4, -0.2) is 40.2 Å². The Bertz CT molecular complexity index is 840. The van der Waals surface area contributed by atoms with E-state index in [1.807, 2.05) is 10.8 Å². The van der Waals surface area contributed by atoms with Crippen molar-refractivity contribution in [1.29, 1.82) is 0 Å². The number of hydrogen-bond acceptors (Lipinski definition) is 5. The van der Waals surface area contributed by atoms with E-state index in [1.54, 1.807) is 10.8 Å². The van der Waals surface area contributed by atoms with Crippen LogP contribution in [0.25, 0.3) is 0 Å². The van der Waals surface area contributed by atoms with Crippen LogP contribution in [0.2, 0.25) is 0 Å². The lowest BCUT2D eigenvalue weighted by Crippen LogP contribution is -2.31. The van der Waals surface area contributed by atoms with Gasteiger partial charge in [-0.2, -0.15) is 0 Å². The molecule has 8 heteroatoms. The number of nitrogens with zero attached hydrogens (tertiary/aromatic N) is 3. The third-order valence-electron chi connectivity index (χ3n) is 4.55. The summed E-state index contributed by atoms with van der Waals surface area (Å²) in [5.74, 6) is 0.871. The number of carbonyl (C=O) groups excluding carboxylic acids is 1. The molecule has 140 valence electrons. The van der Waals surface area contributed by atoms with E-state index >= 15 is 0 Å². The summed E-state index contributed by atoms with van der Waals surface area (Å²) in [6.45, 7) is 5.24. The van der Waals surface area contributed by atoms with E-state index in [2.05, 4.69) is 22.5 Å². The SMILES string of the molecule is CCCn1ccnc1CNC(=O)c1c(OC)cc(=O)n2c1CCNCC2. The van der Waals surface area contributed by atoms with Crippen LogP contribution in [0.4, 0.5) is 0 Å². The minimum atomic E-state index is -0.251. The maximum absolute atomic E-state index is 12.9. The average Bonchev–Trinajstić information content (AvgIpc) is 2.93. The minimum absolute atomic E-state index is 0.143. The van der Waals surface area contributed by atoms with Crippen molar-refractivity contribution < 1.29 is 9.53 Å². The topological polar surface area (TPSA) is 90.2 Å². The maximum Gasteiger partial charge on any atom is 0.257 e. The molecule has 0 atom stereocenters. The van der Waals surface area contributed by atoms with Crippen molar-refractivity contribution in [2.45, 2.75) is 39.4 Å². The quantitative estimate of drug-likeness (QED) is 0.786. The second-order valence-corrected chi connectivity index (χ2v) is 6.24. The van der Waals surface area contributed by atoms with Gasteiger partial charge in [-0.05, 0) is 6.42 Å². The smallest absolute Gasteiger partial charge is 0.257 e. The molecule has 0 saturated carbocycles. The van der Waals surface area contributed by atoms with Gasteiger partial charge in [0.15, 0.2) is 0 Å². The molecule has 0 bridgehead atoms. The first-order valence-electron chi connectivity index (χ1n) is 8.95. The number of carbonyl (C=O) groups is 1. The summed E-state index contributed by atoms with van der Waals surface area (Å²) in [4.78, 5) is 29.6. The highest BCUT2D eigenvalue weighted by molar-refractivity contribution is 5.98. The molecular weight excluding hydrogens is 334 g/mol. The van der Waals surface area contributed by atoms with Crippen molar-refractivity contribution in [2.24, 2.45) is 0 Å². The van der Waals surface area contributed by atoms with Gasteiger partial charge < -0.3 is 24.5 Å². The summed E-state index contributed by atoms with van der Waals surface area (Å²) in [5.41, 5.74) is 1.01. The molecule has 0 fully saturated rings. The molecule has 2 aromatic rings. The van der Waals surface area contributed by atoms with Gasteiger partial charge in [0, 0.05) is 56.8 Å². The number of ether oxygens (including phenoxy) is 1. The van der Waals surface area contributed by atoms with Gasteiger partial charge in [-0.25, -0.2) is 4.98 Å². The molecule has 0 unspecified atom stereocenters. The molecule has 2 N–H and O–H groups in total. The Morgan fingerprint density at radius 1 is 1.42 bits per heavy atom. The van der Waals surface area contributed by atoms with Crippen LogP contribution < -0.4 is 20.9 Å². The predicted octanol–water partition coefficient (Wildman–Crippen LogP) is 0.539. The van der Waals surface area contributed by atoms with E-state index in [-0.39, 0.29) is 11.5 Å². The third-order valence-corrected chi connectivity index (χ3v) is 4.55. The lowest BCUT2D eigenvalue weighted by Gasteiger charge is -2.17. The van der Waals surface area contributed by atoms with Crippen LogP contribution in [0.3, 0.4) is 0 Å². The highest BCUT2D eigenvalue weighted by Crippen LogP contribution is 2.21. The summed E-state index contributed by atoms with van der Waals surface area (Å²) in [6.07, 6.45) is 5.23.